The largest absolute Gasteiger partial charge is 0.497 e. The molecule has 0 aliphatic carbocycles. The third kappa shape index (κ3) is 3.38. The lowest BCUT2D eigenvalue weighted by Crippen LogP contribution is -2.02. The topological polar surface area (TPSA) is 82.5 Å². The van der Waals surface area contributed by atoms with E-state index in [2.05, 4.69) is 10.3 Å². The second-order valence-electron chi connectivity index (χ2n) is 3.91. The normalized spacial score (nSPS) is 10.3. The van der Waals surface area contributed by atoms with Crippen LogP contribution in [0.15, 0.2) is 28.9 Å². The summed E-state index contributed by atoms with van der Waals surface area (Å²) < 4.78 is 15.7. The Balaban J connectivity index is 2.16. The van der Waals surface area contributed by atoms with E-state index in [0.717, 1.165) is 11.4 Å². The molecule has 0 radical (unpaired) electrons. The number of aromatic nitrogens is 1. The number of nitrogens with zero attached hydrogens (tertiary/aromatic N) is 1. The van der Waals surface area contributed by atoms with Gasteiger partial charge in [-0.3, -0.25) is 0 Å². The highest BCUT2D eigenvalue weighted by atomic mass is 16.5. The van der Waals surface area contributed by atoms with Gasteiger partial charge >= 0.3 is 0 Å². The van der Waals surface area contributed by atoms with Crippen LogP contribution in [0.4, 0.5) is 11.7 Å². The summed E-state index contributed by atoms with van der Waals surface area (Å²) in [5.74, 6) is 1.38. The van der Waals surface area contributed by atoms with Crippen molar-refractivity contribution in [1.29, 1.82) is 0 Å². The summed E-state index contributed by atoms with van der Waals surface area (Å²) in [4.78, 5) is 4.27. The fourth-order valence-electron chi connectivity index (χ4n) is 1.63. The maximum absolute atomic E-state index is 5.46. The molecule has 0 unspecified atom stereocenters. The maximum Gasteiger partial charge on any atom is 0.299 e. The molecule has 0 saturated heterocycles. The molecule has 0 saturated carbocycles. The van der Waals surface area contributed by atoms with Gasteiger partial charge in [0.05, 0.1) is 19.9 Å². The standard InChI is InChI=1S/C13H17N3O3/c1-17-11-5-10(6-12(7-11)18-2)16-13-15-9(3-4-14)8-19-13/h5-8H,3-4,14H2,1-2H3,(H,15,16). The van der Waals surface area contributed by atoms with Crippen molar-refractivity contribution < 1.29 is 13.9 Å². The van der Waals surface area contributed by atoms with E-state index in [1.165, 1.54) is 0 Å². The molecule has 2 aromatic rings. The zero-order chi connectivity index (χ0) is 13.7. The molecule has 3 N–H and O–H groups in total. The maximum atomic E-state index is 5.46. The summed E-state index contributed by atoms with van der Waals surface area (Å²) in [5, 5.41) is 3.05. The second-order valence-corrected chi connectivity index (χ2v) is 3.91. The molecule has 0 aliphatic heterocycles. The van der Waals surface area contributed by atoms with Crippen LogP contribution in [-0.2, 0) is 6.42 Å². The number of ether oxygens (including phenoxy) is 2. The number of anilines is 2. The molecule has 0 bridgehead atoms. The number of benzene rings is 1. The van der Waals surface area contributed by atoms with Crippen LogP contribution in [0.5, 0.6) is 11.5 Å². The second kappa shape index (κ2) is 6.10. The number of nitrogens with one attached hydrogen (secondary N) is 1. The van der Waals surface area contributed by atoms with Gasteiger partial charge in [-0.2, -0.15) is 4.98 Å². The molecule has 6 nitrogen and oxygen atoms in total. The van der Waals surface area contributed by atoms with E-state index < -0.39 is 0 Å². The van der Waals surface area contributed by atoms with Crippen molar-refractivity contribution >= 4 is 11.7 Å². The molecule has 19 heavy (non-hydrogen) atoms. The first-order chi connectivity index (χ1) is 9.25. The molecule has 0 atom stereocenters. The highest BCUT2D eigenvalue weighted by Crippen LogP contribution is 2.27. The van der Waals surface area contributed by atoms with E-state index >= 15 is 0 Å². The van der Waals surface area contributed by atoms with Crippen molar-refractivity contribution in [1.82, 2.24) is 4.98 Å². The van der Waals surface area contributed by atoms with Crippen LogP contribution in [-0.4, -0.2) is 25.7 Å². The van der Waals surface area contributed by atoms with Crippen LogP contribution in [0.25, 0.3) is 0 Å². The Morgan fingerprint density at radius 1 is 1.21 bits per heavy atom. The molecule has 1 aromatic carbocycles. The van der Waals surface area contributed by atoms with Gasteiger partial charge in [-0.1, -0.05) is 0 Å². The van der Waals surface area contributed by atoms with E-state index in [1.807, 2.05) is 12.1 Å². The Labute approximate surface area is 111 Å². The van der Waals surface area contributed by atoms with E-state index in [4.69, 9.17) is 19.6 Å². The zero-order valence-electron chi connectivity index (χ0n) is 11.0. The van der Waals surface area contributed by atoms with Gasteiger partial charge in [-0.05, 0) is 6.54 Å². The Kier molecular flexibility index (Phi) is 4.25. The van der Waals surface area contributed by atoms with E-state index in [-0.39, 0.29) is 0 Å². The van der Waals surface area contributed by atoms with Crippen molar-refractivity contribution in [2.24, 2.45) is 5.73 Å². The summed E-state index contributed by atoms with van der Waals surface area (Å²) in [6.07, 6.45) is 2.28. The molecule has 102 valence electrons. The highest BCUT2D eigenvalue weighted by molar-refractivity contribution is 5.58. The predicted octanol–water partition coefficient (Wildman–Crippen LogP) is 1.94. The molecule has 2 rings (SSSR count). The summed E-state index contributed by atoms with van der Waals surface area (Å²) in [5.41, 5.74) is 7.06. The summed E-state index contributed by atoms with van der Waals surface area (Å²) in [6.45, 7) is 0.541. The summed E-state index contributed by atoms with van der Waals surface area (Å²) in [6, 6.07) is 5.87. The lowest BCUT2D eigenvalue weighted by atomic mass is 10.3. The first-order valence-electron chi connectivity index (χ1n) is 5.89. The van der Waals surface area contributed by atoms with Crippen molar-refractivity contribution in [3.8, 4) is 11.5 Å². The van der Waals surface area contributed by atoms with Gasteiger partial charge in [-0.25, -0.2) is 0 Å². The van der Waals surface area contributed by atoms with Crippen molar-refractivity contribution in [3.05, 3.63) is 30.2 Å². The zero-order valence-corrected chi connectivity index (χ0v) is 11.0. The molecule has 0 fully saturated rings. The molecular weight excluding hydrogens is 246 g/mol. The predicted molar refractivity (Wildman–Crippen MR) is 72.1 cm³/mol. The van der Waals surface area contributed by atoms with Crippen LogP contribution in [0.2, 0.25) is 0 Å². The van der Waals surface area contributed by atoms with Gasteiger partial charge in [0.15, 0.2) is 0 Å². The molecular formula is C13H17N3O3. The minimum Gasteiger partial charge on any atom is -0.497 e. The Hall–Kier alpha value is -2.21. The molecule has 1 aromatic heterocycles. The number of rotatable bonds is 6. The molecule has 0 spiro atoms. The van der Waals surface area contributed by atoms with Crippen LogP contribution in [0, 0.1) is 0 Å². The third-order valence-corrected chi connectivity index (χ3v) is 2.55. The Morgan fingerprint density at radius 2 is 1.89 bits per heavy atom. The number of nitrogens with two attached hydrogens (primary N) is 1. The molecule has 0 amide bonds. The minimum atomic E-state index is 0.416. The SMILES string of the molecule is COc1cc(Nc2nc(CCN)co2)cc(OC)c1. The van der Waals surface area contributed by atoms with Crippen LogP contribution in [0.3, 0.4) is 0 Å². The fraction of sp³-hybridized carbons (Fsp3) is 0.308. The Bertz CT molecular complexity index is 517. The summed E-state index contributed by atoms with van der Waals surface area (Å²) >= 11 is 0. The minimum absolute atomic E-state index is 0.416. The van der Waals surface area contributed by atoms with Gasteiger partial charge in [0.25, 0.3) is 6.01 Å². The number of hydrogen-bond acceptors (Lipinski definition) is 6. The number of hydrogen-bond donors (Lipinski definition) is 2. The van der Waals surface area contributed by atoms with Crippen LogP contribution >= 0.6 is 0 Å². The van der Waals surface area contributed by atoms with Crippen LogP contribution in [0.1, 0.15) is 5.69 Å². The molecule has 6 heteroatoms. The van der Waals surface area contributed by atoms with E-state index in [9.17, 15) is 0 Å². The average Bonchev–Trinajstić information content (AvgIpc) is 2.86. The quantitative estimate of drug-likeness (QED) is 0.828. The highest BCUT2D eigenvalue weighted by Gasteiger charge is 2.06. The first-order valence-corrected chi connectivity index (χ1v) is 5.89. The number of oxazole rings is 1. The number of methoxy groups -OCH3 is 2. The van der Waals surface area contributed by atoms with Gasteiger partial charge in [-0.15, -0.1) is 0 Å². The van der Waals surface area contributed by atoms with E-state index in [1.54, 1.807) is 26.5 Å². The van der Waals surface area contributed by atoms with Gasteiger partial charge in [0.1, 0.15) is 17.8 Å². The molecule has 1 heterocycles. The van der Waals surface area contributed by atoms with Gasteiger partial charge < -0.3 is 24.9 Å². The van der Waals surface area contributed by atoms with Crippen molar-refractivity contribution in [2.45, 2.75) is 6.42 Å². The van der Waals surface area contributed by atoms with Crippen molar-refractivity contribution in [2.75, 3.05) is 26.1 Å². The fourth-order valence-corrected chi connectivity index (χ4v) is 1.63. The van der Waals surface area contributed by atoms with Gasteiger partial charge in [0.2, 0.25) is 0 Å². The smallest absolute Gasteiger partial charge is 0.299 e. The van der Waals surface area contributed by atoms with Crippen LogP contribution < -0.4 is 20.5 Å². The molecule has 0 aliphatic rings. The van der Waals surface area contributed by atoms with Gasteiger partial charge in [0, 0.05) is 30.3 Å². The first kappa shape index (κ1) is 13.2. The monoisotopic (exact) mass is 263 g/mol. The lowest BCUT2D eigenvalue weighted by Gasteiger charge is -2.08. The third-order valence-electron chi connectivity index (χ3n) is 2.55. The average molecular weight is 263 g/mol. The Morgan fingerprint density at radius 3 is 2.47 bits per heavy atom. The van der Waals surface area contributed by atoms with E-state index in [0.29, 0.717) is 30.5 Å². The van der Waals surface area contributed by atoms with Crippen molar-refractivity contribution in [3.63, 3.8) is 0 Å². The lowest BCUT2D eigenvalue weighted by molar-refractivity contribution is 0.394. The summed E-state index contributed by atoms with van der Waals surface area (Å²) in [7, 11) is 3.20.